The summed E-state index contributed by atoms with van der Waals surface area (Å²) in [5.74, 6) is 2.25. The van der Waals surface area contributed by atoms with E-state index in [0.29, 0.717) is 18.1 Å². The van der Waals surface area contributed by atoms with Crippen LogP contribution >= 0.6 is 0 Å². The Morgan fingerprint density at radius 1 is 1.18 bits per heavy atom. The van der Waals surface area contributed by atoms with Gasteiger partial charge in [0.1, 0.15) is 0 Å². The number of hydrogen-bond acceptors (Lipinski definition) is 6. The van der Waals surface area contributed by atoms with Gasteiger partial charge in [-0.1, -0.05) is 5.16 Å². The first-order valence-electron chi connectivity index (χ1n) is 8.67. The van der Waals surface area contributed by atoms with Gasteiger partial charge in [0.25, 0.3) is 0 Å². The van der Waals surface area contributed by atoms with Crippen LogP contribution in [0.5, 0.6) is 0 Å². The average Bonchev–Trinajstić information content (AvgIpc) is 3.00. The number of hydrogen-bond donors (Lipinski definition) is 0. The van der Waals surface area contributed by atoms with Crippen molar-refractivity contribution in [2.75, 3.05) is 32.9 Å². The van der Waals surface area contributed by atoms with E-state index in [-0.39, 0.29) is 0 Å². The number of rotatable bonds is 7. The molecule has 122 valence electrons. The molecule has 3 aliphatic rings. The fourth-order valence-electron chi connectivity index (χ4n) is 3.44. The first kappa shape index (κ1) is 14.6. The van der Waals surface area contributed by atoms with Crippen molar-refractivity contribution in [3.63, 3.8) is 0 Å². The molecule has 0 N–H and O–H groups in total. The quantitative estimate of drug-likeness (QED) is 0.720. The molecule has 0 bridgehead atoms. The summed E-state index contributed by atoms with van der Waals surface area (Å²) >= 11 is 0. The van der Waals surface area contributed by atoms with Gasteiger partial charge in [-0.05, 0) is 45.1 Å². The third-order valence-corrected chi connectivity index (χ3v) is 4.90. The third-order valence-electron chi connectivity index (χ3n) is 4.90. The molecule has 0 amide bonds. The minimum Gasteiger partial charge on any atom is -0.377 e. The van der Waals surface area contributed by atoms with E-state index in [4.69, 9.17) is 14.0 Å². The van der Waals surface area contributed by atoms with E-state index >= 15 is 0 Å². The largest absolute Gasteiger partial charge is 0.377 e. The van der Waals surface area contributed by atoms with Crippen molar-refractivity contribution in [3.05, 3.63) is 11.7 Å². The van der Waals surface area contributed by atoms with Crippen molar-refractivity contribution in [1.82, 2.24) is 15.0 Å². The van der Waals surface area contributed by atoms with Gasteiger partial charge in [0.05, 0.1) is 25.4 Å². The molecule has 1 aromatic rings. The van der Waals surface area contributed by atoms with Crippen LogP contribution in [0, 0.1) is 0 Å². The molecule has 3 heterocycles. The second-order valence-electron chi connectivity index (χ2n) is 6.67. The Hall–Kier alpha value is -0.980. The molecule has 1 aliphatic carbocycles. The van der Waals surface area contributed by atoms with Gasteiger partial charge >= 0.3 is 0 Å². The van der Waals surface area contributed by atoms with Gasteiger partial charge in [0.2, 0.25) is 5.89 Å². The maximum absolute atomic E-state index is 5.79. The Balaban J connectivity index is 1.25. The molecule has 0 spiro atoms. The second-order valence-corrected chi connectivity index (χ2v) is 6.67. The number of aromatic nitrogens is 2. The van der Waals surface area contributed by atoms with Crippen molar-refractivity contribution in [3.8, 4) is 0 Å². The lowest BCUT2D eigenvalue weighted by Gasteiger charge is -2.22. The van der Waals surface area contributed by atoms with Crippen molar-refractivity contribution < 1.29 is 14.0 Å². The molecular formula is C16H25N3O3. The monoisotopic (exact) mass is 307 g/mol. The van der Waals surface area contributed by atoms with E-state index in [1.807, 2.05) is 0 Å². The number of likely N-dealkylation sites (tertiary alicyclic amines) is 1. The highest BCUT2D eigenvalue weighted by Gasteiger charge is 2.34. The Morgan fingerprint density at radius 3 is 2.95 bits per heavy atom. The van der Waals surface area contributed by atoms with Gasteiger partial charge in [-0.3, -0.25) is 4.90 Å². The van der Waals surface area contributed by atoms with Crippen LogP contribution in [0.2, 0.25) is 0 Å². The first-order valence-corrected chi connectivity index (χ1v) is 8.67. The zero-order valence-electron chi connectivity index (χ0n) is 13.1. The van der Waals surface area contributed by atoms with E-state index in [2.05, 4.69) is 15.0 Å². The van der Waals surface area contributed by atoms with Crippen LogP contribution < -0.4 is 0 Å². The van der Waals surface area contributed by atoms with Crippen LogP contribution in [0.1, 0.15) is 62.2 Å². The fraction of sp³-hybridized carbons (Fsp3) is 0.875. The summed E-state index contributed by atoms with van der Waals surface area (Å²) in [4.78, 5) is 7.04. The van der Waals surface area contributed by atoms with Crippen LogP contribution in [0.25, 0.3) is 0 Å². The summed E-state index contributed by atoms with van der Waals surface area (Å²) < 4.78 is 16.8. The first-order chi connectivity index (χ1) is 10.9. The summed E-state index contributed by atoms with van der Waals surface area (Å²) in [6.07, 6.45) is 7.34. The van der Waals surface area contributed by atoms with E-state index in [1.165, 1.54) is 25.7 Å². The van der Waals surface area contributed by atoms with Gasteiger partial charge < -0.3 is 14.0 Å². The van der Waals surface area contributed by atoms with Crippen molar-refractivity contribution in [1.29, 1.82) is 0 Å². The van der Waals surface area contributed by atoms with Crippen LogP contribution in [-0.2, 0) is 9.47 Å². The van der Waals surface area contributed by atoms with Crippen molar-refractivity contribution in [2.24, 2.45) is 0 Å². The van der Waals surface area contributed by atoms with Crippen molar-refractivity contribution >= 4 is 0 Å². The second kappa shape index (κ2) is 6.64. The Morgan fingerprint density at radius 2 is 2.14 bits per heavy atom. The summed E-state index contributed by atoms with van der Waals surface area (Å²) in [5.41, 5.74) is 0. The van der Waals surface area contributed by atoms with Crippen LogP contribution in [0.4, 0.5) is 0 Å². The highest BCUT2D eigenvalue weighted by molar-refractivity contribution is 5.05. The Bertz CT molecular complexity index is 483. The van der Waals surface area contributed by atoms with Crippen LogP contribution in [0.15, 0.2) is 4.52 Å². The molecule has 1 aromatic heterocycles. The minimum atomic E-state index is 0.308. The molecule has 0 unspecified atom stereocenters. The molecule has 2 atom stereocenters. The topological polar surface area (TPSA) is 60.6 Å². The summed E-state index contributed by atoms with van der Waals surface area (Å²) in [5, 5.41) is 4.21. The molecule has 22 heavy (non-hydrogen) atoms. The molecule has 2 aliphatic heterocycles. The number of ether oxygens (including phenoxy) is 2. The van der Waals surface area contributed by atoms with Gasteiger partial charge in [0.15, 0.2) is 5.82 Å². The van der Waals surface area contributed by atoms with Gasteiger partial charge in [-0.2, -0.15) is 4.98 Å². The fourth-order valence-corrected chi connectivity index (χ4v) is 3.44. The summed E-state index contributed by atoms with van der Waals surface area (Å²) in [7, 11) is 0. The molecular weight excluding hydrogens is 282 g/mol. The SMILES string of the molecule is C1CO[C@@H](COCCN2CCC[C@H]2c2noc(C3CC3)n2)C1. The zero-order chi connectivity index (χ0) is 14.8. The maximum Gasteiger partial charge on any atom is 0.229 e. The van der Waals surface area contributed by atoms with Crippen molar-refractivity contribution in [2.45, 2.75) is 56.6 Å². The minimum absolute atomic E-state index is 0.308. The molecule has 0 radical (unpaired) electrons. The van der Waals surface area contributed by atoms with E-state index < -0.39 is 0 Å². The third kappa shape index (κ3) is 3.34. The molecule has 2 saturated heterocycles. The smallest absolute Gasteiger partial charge is 0.229 e. The van der Waals surface area contributed by atoms with Gasteiger partial charge in [-0.15, -0.1) is 0 Å². The van der Waals surface area contributed by atoms with Crippen LogP contribution in [-0.4, -0.2) is 54.1 Å². The summed E-state index contributed by atoms with van der Waals surface area (Å²) in [6.45, 7) is 4.41. The highest BCUT2D eigenvalue weighted by atomic mass is 16.5. The Labute approximate surface area is 131 Å². The predicted molar refractivity (Wildman–Crippen MR) is 79.6 cm³/mol. The van der Waals surface area contributed by atoms with E-state index in [1.54, 1.807) is 0 Å². The lowest BCUT2D eigenvalue weighted by molar-refractivity contribution is 0.00920. The molecule has 6 heteroatoms. The molecule has 1 saturated carbocycles. The van der Waals surface area contributed by atoms with E-state index in [0.717, 1.165) is 57.5 Å². The maximum atomic E-state index is 5.79. The van der Waals surface area contributed by atoms with E-state index in [9.17, 15) is 0 Å². The summed E-state index contributed by atoms with van der Waals surface area (Å²) in [6, 6.07) is 0.308. The van der Waals surface area contributed by atoms with Gasteiger partial charge in [-0.25, -0.2) is 0 Å². The van der Waals surface area contributed by atoms with Crippen LogP contribution in [0.3, 0.4) is 0 Å². The van der Waals surface area contributed by atoms with Gasteiger partial charge in [0, 0.05) is 19.1 Å². The Kier molecular flexibility index (Phi) is 4.41. The zero-order valence-corrected chi connectivity index (χ0v) is 13.1. The molecule has 3 fully saturated rings. The lowest BCUT2D eigenvalue weighted by atomic mass is 10.2. The highest BCUT2D eigenvalue weighted by Crippen LogP contribution is 2.40. The average molecular weight is 307 g/mol. The lowest BCUT2D eigenvalue weighted by Crippen LogP contribution is -2.29. The number of nitrogens with zero attached hydrogens (tertiary/aromatic N) is 3. The predicted octanol–water partition coefficient (Wildman–Crippen LogP) is 2.28. The standard InChI is InChI=1S/C16H25N3O3/c1-4-14(15-17-16(22-18-15)12-5-6-12)19(7-1)8-10-20-11-13-3-2-9-21-13/h12-14H,1-11H2/t13-,14+/m1/s1. The molecule has 4 rings (SSSR count). The normalized spacial score (nSPS) is 29.5. The molecule has 6 nitrogen and oxygen atoms in total. The molecule has 0 aromatic carbocycles.